The minimum absolute atomic E-state index is 0.0355. The van der Waals surface area contributed by atoms with Gasteiger partial charge in [-0.25, -0.2) is 9.97 Å². The van der Waals surface area contributed by atoms with Crippen LogP contribution in [0.25, 0.3) is 0 Å². The van der Waals surface area contributed by atoms with E-state index in [0.717, 1.165) is 44.7 Å². The first-order valence-corrected chi connectivity index (χ1v) is 10.2. The summed E-state index contributed by atoms with van der Waals surface area (Å²) in [6, 6.07) is 7.50. The normalized spacial score (nSPS) is 19.9. The summed E-state index contributed by atoms with van der Waals surface area (Å²) in [5, 5.41) is 0. The van der Waals surface area contributed by atoms with Crippen LogP contribution < -0.4 is 4.74 Å². The predicted molar refractivity (Wildman–Crippen MR) is 108 cm³/mol. The first-order valence-electron chi connectivity index (χ1n) is 10.2. The number of likely N-dealkylation sites (tertiary alicyclic amines) is 1. The zero-order valence-electron chi connectivity index (χ0n) is 16.7. The molecule has 2 aromatic rings. The molecule has 0 unspecified atom stereocenters. The molecule has 1 aromatic carbocycles. The third kappa shape index (κ3) is 3.87. The first-order chi connectivity index (χ1) is 13.7. The maximum absolute atomic E-state index is 13.1. The van der Waals surface area contributed by atoms with Gasteiger partial charge in [-0.2, -0.15) is 0 Å². The van der Waals surface area contributed by atoms with Crippen LogP contribution in [0.3, 0.4) is 0 Å². The van der Waals surface area contributed by atoms with Crippen molar-refractivity contribution in [3.63, 3.8) is 0 Å². The molecule has 0 aliphatic carbocycles. The molecule has 2 aliphatic heterocycles. The number of aromatic nitrogens is 2. The lowest BCUT2D eigenvalue weighted by molar-refractivity contribution is 0.0700. The highest BCUT2D eigenvalue weighted by Gasteiger charge is 2.29. The smallest absolute Gasteiger partial charge is 0.257 e. The lowest BCUT2D eigenvalue weighted by atomic mass is 9.95. The van der Waals surface area contributed by atoms with Crippen LogP contribution in [0.5, 0.6) is 5.75 Å². The molecular formula is C22H28N4O2. The molecule has 6 heteroatoms. The third-order valence-electron chi connectivity index (χ3n) is 5.63. The molecule has 0 N–H and O–H groups in total. The molecule has 0 saturated carbocycles. The number of para-hydroxylation sites is 1. The highest BCUT2D eigenvalue weighted by molar-refractivity contribution is 5.97. The number of nitrogens with zero attached hydrogens (tertiary/aromatic N) is 4. The van der Waals surface area contributed by atoms with E-state index in [1.807, 2.05) is 42.3 Å². The van der Waals surface area contributed by atoms with Gasteiger partial charge in [-0.1, -0.05) is 12.1 Å². The summed E-state index contributed by atoms with van der Waals surface area (Å²) < 4.78 is 5.66. The molecular weight excluding hydrogens is 352 g/mol. The second-order valence-corrected chi connectivity index (χ2v) is 7.71. The van der Waals surface area contributed by atoms with Crippen LogP contribution in [-0.2, 0) is 13.0 Å². The second-order valence-electron chi connectivity index (χ2n) is 7.71. The molecule has 1 saturated heterocycles. The maximum Gasteiger partial charge on any atom is 0.257 e. The van der Waals surface area contributed by atoms with Gasteiger partial charge in [0, 0.05) is 56.0 Å². The Morgan fingerprint density at radius 1 is 1.29 bits per heavy atom. The zero-order chi connectivity index (χ0) is 19.5. The van der Waals surface area contributed by atoms with E-state index in [1.54, 1.807) is 0 Å². The topological polar surface area (TPSA) is 58.6 Å². The Kier molecular flexibility index (Phi) is 5.57. The Bertz CT molecular complexity index is 854. The van der Waals surface area contributed by atoms with Gasteiger partial charge in [0.15, 0.2) is 0 Å². The number of carbonyl (C=O) groups excluding carboxylic acids is 1. The van der Waals surface area contributed by atoms with Crippen molar-refractivity contribution in [2.75, 3.05) is 33.3 Å². The molecule has 28 heavy (non-hydrogen) atoms. The van der Waals surface area contributed by atoms with E-state index < -0.39 is 0 Å². The van der Waals surface area contributed by atoms with Crippen molar-refractivity contribution in [1.82, 2.24) is 19.8 Å². The van der Waals surface area contributed by atoms with E-state index in [1.165, 1.54) is 11.3 Å². The van der Waals surface area contributed by atoms with E-state index in [0.29, 0.717) is 24.5 Å². The number of rotatable bonds is 4. The molecule has 6 nitrogen and oxygen atoms in total. The SMILES string of the molecule is CCOc1ccccc1C(=O)N1CCC[C@@H](c2ncc3c(n2)CCN(C)C3)C1. The number of hydrogen-bond donors (Lipinski definition) is 0. The summed E-state index contributed by atoms with van der Waals surface area (Å²) in [5.74, 6) is 1.78. The van der Waals surface area contributed by atoms with Crippen LogP contribution in [0.4, 0.5) is 0 Å². The largest absolute Gasteiger partial charge is 0.493 e. The van der Waals surface area contributed by atoms with Gasteiger partial charge >= 0.3 is 0 Å². The Balaban J connectivity index is 1.51. The predicted octanol–water partition coefficient (Wildman–Crippen LogP) is 2.88. The quantitative estimate of drug-likeness (QED) is 0.816. The minimum Gasteiger partial charge on any atom is -0.493 e. The summed E-state index contributed by atoms with van der Waals surface area (Å²) in [7, 11) is 2.13. The Morgan fingerprint density at radius 2 is 2.14 bits per heavy atom. The van der Waals surface area contributed by atoms with Gasteiger partial charge in [0.25, 0.3) is 5.91 Å². The summed E-state index contributed by atoms with van der Waals surface area (Å²) in [4.78, 5) is 26.9. The lowest BCUT2D eigenvalue weighted by Crippen LogP contribution is -2.40. The number of carbonyl (C=O) groups is 1. The minimum atomic E-state index is 0.0355. The average Bonchev–Trinajstić information content (AvgIpc) is 2.73. The highest BCUT2D eigenvalue weighted by atomic mass is 16.5. The number of hydrogen-bond acceptors (Lipinski definition) is 5. The maximum atomic E-state index is 13.1. The molecule has 3 heterocycles. The van der Waals surface area contributed by atoms with Crippen LogP contribution in [0, 0.1) is 0 Å². The van der Waals surface area contributed by atoms with E-state index in [9.17, 15) is 4.79 Å². The third-order valence-corrected chi connectivity index (χ3v) is 5.63. The molecule has 1 atom stereocenters. The van der Waals surface area contributed by atoms with E-state index in [2.05, 4.69) is 16.9 Å². The van der Waals surface area contributed by atoms with Gasteiger partial charge in [0.2, 0.25) is 0 Å². The molecule has 2 aliphatic rings. The fourth-order valence-corrected chi connectivity index (χ4v) is 4.14. The first kappa shape index (κ1) is 18.9. The van der Waals surface area contributed by atoms with Crippen LogP contribution in [0.1, 0.15) is 53.1 Å². The van der Waals surface area contributed by atoms with Gasteiger partial charge in [0.05, 0.1) is 12.2 Å². The number of benzene rings is 1. The molecule has 1 aromatic heterocycles. The van der Waals surface area contributed by atoms with Crippen molar-refractivity contribution in [2.45, 2.75) is 38.6 Å². The summed E-state index contributed by atoms with van der Waals surface area (Å²) in [6.45, 7) is 5.87. The standard InChI is InChI=1S/C22H28N4O2/c1-3-28-20-9-5-4-8-18(20)22(27)26-11-6-7-16(15-26)21-23-13-17-14-25(2)12-10-19(17)24-21/h4-5,8-9,13,16H,3,6-7,10-12,14-15H2,1-2H3/t16-/m1/s1. The number of fused-ring (bicyclic) bond motifs is 1. The van der Waals surface area contributed by atoms with Crippen molar-refractivity contribution < 1.29 is 9.53 Å². The van der Waals surface area contributed by atoms with Crippen molar-refractivity contribution in [3.8, 4) is 5.75 Å². The summed E-state index contributed by atoms with van der Waals surface area (Å²) >= 11 is 0. The Morgan fingerprint density at radius 3 is 3.00 bits per heavy atom. The van der Waals surface area contributed by atoms with Crippen molar-refractivity contribution >= 4 is 5.91 Å². The van der Waals surface area contributed by atoms with Crippen LogP contribution in [-0.4, -0.2) is 59.0 Å². The number of piperidine rings is 1. The lowest BCUT2D eigenvalue weighted by Gasteiger charge is -2.33. The number of amides is 1. The van der Waals surface area contributed by atoms with E-state index in [4.69, 9.17) is 9.72 Å². The molecule has 0 spiro atoms. The summed E-state index contributed by atoms with van der Waals surface area (Å²) in [5.41, 5.74) is 3.04. The number of ether oxygens (including phenoxy) is 1. The number of likely N-dealkylation sites (N-methyl/N-ethyl adjacent to an activating group) is 1. The van der Waals surface area contributed by atoms with Crippen molar-refractivity contribution in [2.24, 2.45) is 0 Å². The fourth-order valence-electron chi connectivity index (χ4n) is 4.14. The average molecular weight is 380 g/mol. The van der Waals surface area contributed by atoms with Crippen molar-refractivity contribution in [1.29, 1.82) is 0 Å². The van der Waals surface area contributed by atoms with Gasteiger partial charge in [-0.05, 0) is 38.9 Å². The highest BCUT2D eigenvalue weighted by Crippen LogP contribution is 2.28. The molecule has 1 amide bonds. The molecule has 148 valence electrons. The van der Waals surface area contributed by atoms with Gasteiger partial charge in [-0.3, -0.25) is 4.79 Å². The van der Waals surface area contributed by atoms with Gasteiger partial charge in [0.1, 0.15) is 11.6 Å². The van der Waals surface area contributed by atoms with Crippen LogP contribution in [0.15, 0.2) is 30.5 Å². The fraction of sp³-hybridized carbons (Fsp3) is 0.500. The molecule has 4 rings (SSSR count). The summed E-state index contributed by atoms with van der Waals surface area (Å²) in [6.07, 6.45) is 4.95. The van der Waals surface area contributed by atoms with Gasteiger partial charge in [-0.15, -0.1) is 0 Å². The monoisotopic (exact) mass is 380 g/mol. The van der Waals surface area contributed by atoms with E-state index in [-0.39, 0.29) is 11.8 Å². The van der Waals surface area contributed by atoms with Crippen LogP contribution in [0.2, 0.25) is 0 Å². The molecule has 1 fully saturated rings. The molecule has 0 bridgehead atoms. The second kappa shape index (κ2) is 8.27. The van der Waals surface area contributed by atoms with Crippen molar-refractivity contribution in [3.05, 3.63) is 53.1 Å². The molecule has 0 radical (unpaired) electrons. The zero-order valence-corrected chi connectivity index (χ0v) is 16.7. The Labute approximate surface area is 166 Å². The van der Waals surface area contributed by atoms with Gasteiger partial charge < -0.3 is 14.5 Å². The van der Waals surface area contributed by atoms with E-state index >= 15 is 0 Å². The Hall–Kier alpha value is -2.47. The van der Waals surface area contributed by atoms with Crippen LogP contribution >= 0.6 is 0 Å².